The Kier molecular flexibility index (Phi) is 5.04. The van der Waals surface area contributed by atoms with E-state index in [1.54, 1.807) is 17.4 Å². The van der Waals surface area contributed by atoms with Gasteiger partial charge in [-0.25, -0.2) is 4.98 Å². The second kappa shape index (κ2) is 7.27. The molecule has 1 fully saturated rings. The van der Waals surface area contributed by atoms with Crippen molar-refractivity contribution in [2.75, 3.05) is 5.32 Å². The van der Waals surface area contributed by atoms with Crippen molar-refractivity contribution in [3.63, 3.8) is 0 Å². The topological polar surface area (TPSA) is 64.1 Å². The van der Waals surface area contributed by atoms with Crippen molar-refractivity contribution in [1.82, 2.24) is 4.98 Å². The molecule has 0 amide bonds. The molecule has 1 aliphatic carbocycles. The van der Waals surface area contributed by atoms with Crippen LogP contribution < -0.4 is 11.1 Å². The molecule has 0 radical (unpaired) electrons. The van der Waals surface area contributed by atoms with Gasteiger partial charge in [-0.05, 0) is 39.7 Å². The summed E-state index contributed by atoms with van der Waals surface area (Å²) in [5.74, 6) is 1.64. The number of rotatable bonds is 7. The van der Waals surface area contributed by atoms with E-state index in [0.29, 0.717) is 11.6 Å². The van der Waals surface area contributed by atoms with Gasteiger partial charge in [0.15, 0.2) is 5.58 Å². The average molecular weight is 441 g/mol. The maximum Gasteiger partial charge on any atom is 0.177 e. The Morgan fingerprint density at radius 1 is 1.48 bits per heavy atom. The normalized spacial score (nSPS) is 15.6. The van der Waals surface area contributed by atoms with Crippen LogP contribution in [0.4, 0.5) is 5.69 Å². The average Bonchev–Trinajstić information content (AvgIpc) is 3.13. The molecule has 0 aliphatic heterocycles. The first-order valence-electron chi connectivity index (χ1n) is 8.39. The third-order valence-corrected chi connectivity index (χ3v) is 6.32. The second-order valence-electron chi connectivity index (χ2n) is 6.59. The lowest BCUT2D eigenvalue weighted by Crippen LogP contribution is -2.23. The fourth-order valence-corrected chi connectivity index (χ4v) is 4.37. The predicted molar refractivity (Wildman–Crippen MR) is 107 cm³/mol. The molecule has 7 heteroatoms. The Bertz CT molecular complexity index is 876. The molecule has 3 N–H and O–H groups in total. The molecule has 3 aromatic rings. The van der Waals surface area contributed by atoms with Gasteiger partial charge in [0, 0.05) is 30.0 Å². The highest BCUT2D eigenvalue weighted by molar-refractivity contribution is 9.10. The van der Waals surface area contributed by atoms with Crippen molar-refractivity contribution in [1.29, 1.82) is 0 Å². The zero-order chi connectivity index (χ0) is 17.4. The number of hydrogen-bond donors (Lipinski definition) is 2. The number of anilines is 1. The Hall–Kier alpha value is -1.08. The van der Waals surface area contributed by atoms with Crippen molar-refractivity contribution in [2.45, 2.75) is 38.3 Å². The highest BCUT2D eigenvalue weighted by atomic mass is 79.9. The minimum atomic E-state index is 0.113. The fraction of sp³-hybridized carbons (Fsp3) is 0.389. The number of fused-ring (bicyclic) bond motifs is 1. The summed E-state index contributed by atoms with van der Waals surface area (Å²) in [5, 5.41) is 5.91. The van der Waals surface area contributed by atoms with Crippen LogP contribution in [0.5, 0.6) is 0 Å². The molecule has 0 saturated heterocycles. The SMILES string of the molecule is N[C@H](Cc1oc2c(NCc3cccs3)cc(Cl)nc2c1Br)CC1CC1. The van der Waals surface area contributed by atoms with Crippen LogP contribution in [0.3, 0.4) is 0 Å². The third kappa shape index (κ3) is 4.03. The highest BCUT2D eigenvalue weighted by Crippen LogP contribution is 2.38. The standard InChI is InChI=1S/C18H19BrClN3OS/c19-16-14(7-11(21)6-10-3-4-10)24-18-13(8-15(20)23-17(16)18)22-9-12-2-1-5-25-12/h1-2,5,8,10-11H,3-4,6-7,9,21H2,(H,22,23)/t11-/m0/s1. The lowest BCUT2D eigenvalue weighted by molar-refractivity contribution is 0.484. The van der Waals surface area contributed by atoms with Crippen LogP contribution in [0, 0.1) is 5.92 Å². The molecule has 132 valence electrons. The predicted octanol–water partition coefficient (Wildman–Crippen LogP) is 5.59. The van der Waals surface area contributed by atoms with Crippen molar-refractivity contribution in [2.24, 2.45) is 11.7 Å². The molecule has 1 atom stereocenters. The van der Waals surface area contributed by atoms with E-state index in [1.807, 2.05) is 6.07 Å². The molecule has 1 aliphatic rings. The minimum Gasteiger partial charge on any atom is -0.456 e. The Balaban J connectivity index is 1.60. The zero-order valence-electron chi connectivity index (χ0n) is 13.6. The summed E-state index contributed by atoms with van der Waals surface area (Å²) in [6.07, 6.45) is 4.38. The van der Waals surface area contributed by atoms with Gasteiger partial charge < -0.3 is 15.5 Å². The maximum atomic E-state index is 6.29. The van der Waals surface area contributed by atoms with Crippen molar-refractivity contribution < 1.29 is 4.42 Å². The fourth-order valence-electron chi connectivity index (χ4n) is 3.02. The summed E-state index contributed by atoms with van der Waals surface area (Å²) < 4.78 is 6.98. The molecule has 1 saturated carbocycles. The van der Waals surface area contributed by atoms with Gasteiger partial charge in [-0.2, -0.15) is 0 Å². The van der Waals surface area contributed by atoms with Gasteiger partial charge in [0.2, 0.25) is 0 Å². The number of nitrogens with zero attached hydrogens (tertiary/aromatic N) is 1. The summed E-state index contributed by atoms with van der Waals surface area (Å²) >= 11 is 11.5. The van der Waals surface area contributed by atoms with Crippen molar-refractivity contribution in [3.8, 4) is 0 Å². The van der Waals surface area contributed by atoms with Gasteiger partial charge in [-0.3, -0.25) is 0 Å². The van der Waals surface area contributed by atoms with E-state index >= 15 is 0 Å². The van der Waals surface area contributed by atoms with Gasteiger partial charge in [0.05, 0.1) is 10.2 Å². The minimum absolute atomic E-state index is 0.113. The van der Waals surface area contributed by atoms with E-state index in [0.717, 1.165) is 45.9 Å². The van der Waals surface area contributed by atoms with Crippen LogP contribution in [-0.2, 0) is 13.0 Å². The zero-order valence-corrected chi connectivity index (χ0v) is 16.8. The Labute approximate surface area is 163 Å². The van der Waals surface area contributed by atoms with E-state index in [-0.39, 0.29) is 6.04 Å². The summed E-state index contributed by atoms with van der Waals surface area (Å²) in [5.41, 5.74) is 8.61. The van der Waals surface area contributed by atoms with Gasteiger partial charge in [-0.1, -0.05) is 30.5 Å². The number of furan rings is 1. The van der Waals surface area contributed by atoms with Crippen LogP contribution in [0.1, 0.15) is 29.9 Å². The number of nitrogens with one attached hydrogen (secondary N) is 1. The number of aromatic nitrogens is 1. The lowest BCUT2D eigenvalue weighted by atomic mass is 10.1. The van der Waals surface area contributed by atoms with E-state index in [2.05, 4.69) is 37.7 Å². The molecule has 25 heavy (non-hydrogen) atoms. The largest absolute Gasteiger partial charge is 0.456 e. The Morgan fingerprint density at radius 3 is 3.04 bits per heavy atom. The first-order valence-corrected chi connectivity index (χ1v) is 10.4. The van der Waals surface area contributed by atoms with Crippen LogP contribution in [0.25, 0.3) is 11.1 Å². The first kappa shape index (κ1) is 17.3. The summed E-state index contributed by atoms with van der Waals surface area (Å²) in [6.45, 7) is 0.724. The second-order valence-corrected chi connectivity index (χ2v) is 8.80. The Morgan fingerprint density at radius 2 is 2.32 bits per heavy atom. The molecular weight excluding hydrogens is 422 g/mol. The maximum absolute atomic E-state index is 6.29. The molecule has 3 aromatic heterocycles. The van der Waals surface area contributed by atoms with Crippen molar-refractivity contribution >= 4 is 55.7 Å². The smallest absolute Gasteiger partial charge is 0.177 e. The molecule has 3 heterocycles. The van der Waals surface area contributed by atoms with Crippen LogP contribution in [0.2, 0.25) is 5.15 Å². The van der Waals surface area contributed by atoms with E-state index in [9.17, 15) is 0 Å². The third-order valence-electron chi connectivity index (χ3n) is 4.43. The number of nitrogens with two attached hydrogens (primary N) is 1. The highest BCUT2D eigenvalue weighted by Gasteiger charge is 2.26. The summed E-state index contributed by atoms with van der Waals surface area (Å²) in [7, 11) is 0. The molecule has 0 bridgehead atoms. The molecule has 4 nitrogen and oxygen atoms in total. The van der Waals surface area contributed by atoms with Gasteiger partial charge in [-0.15, -0.1) is 11.3 Å². The van der Waals surface area contributed by atoms with Gasteiger partial charge in [0.25, 0.3) is 0 Å². The number of hydrogen-bond acceptors (Lipinski definition) is 5. The first-order chi connectivity index (χ1) is 12.1. The molecule has 0 unspecified atom stereocenters. The quantitative estimate of drug-likeness (QED) is 0.470. The van der Waals surface area contributed by atoms with Gasteiger partial charge >= 0.3 is 0 Å². The van der Waals surface area contributed by atoms with Crippen molar-refractivity contribution in [3.05, 3.63) is 43.8 Å². The molecular formula is C18H19BrClN3OS. The van der Waals surface area contributed by atoms with Crippen LogP contribution in [0.15, 0.2) is 32.5 Å². The van der Waals surface area contributed by atoms with Crippen LogP contribution >= 0.6 is 38.9 Å². The summed E-state index contributed by atoms with van der Waals surface area (Å²) in [6, 6.07) is 6.06. The number of halogens is 2. The molecule has 0 aromatic carbocycles. The lowest BCUT2D eigenvalue weighted by Gasteiger charge is -2.08. The molecule has 0 spiro atoms. The van der Waals surface area contributed by atoms with Gasteiger partial charge in [0.1, 0.15) is 16.4 Å². The van der Waals surface area contributed by atoms with E-state index in [4.69, 9.17) is 21.8 Å². The monoisotopic (exact) mass is 439 g/mol. The number of pyridine rings is 1. The van der Waals surface area contributed by atoms with E-state index < -0.39 is 0 Å². The molecule has 4 rings (SSSR count). The van der Waals surface area contributed by atoms with Crippen LogP contribution in [-0.4, -0.2) is 11.0 Å². The van der Waals surface area contributed by atoms with E-state index in [1.165, 1.54) is 17.7 Å². The summed E-state index contributed by atoms with van der Waals surface area (Å²) in [4.78, 5) is 5.68. The number of thiophene rings is 1.